The molecule has 1 N–H and O–H groups in total. The van der Waals surface area contributed by atoms with Crippen LogP contribution in [0, 0.1) is 0 Å². The molecule has 1 rings (SSSR count). The molecule has 4 heteroatoms. The molecule has 16 heavy (non-hydrogen) atoms. The topological polar surface area (TPSA) is 35.6 Å². The number of nitrogens with zero attached hydrogens (tertiary/aromatic N) is 2. The van der Waals surface area contributed by atoms with Crippen LogP contribution in [0.1, 0.15) is 13.8 Å². The molecule has 0 spiro atoms. The predicted octanol–water partition coefficient (Wildman–Crippen LogP) is 0.315. The van der Waals surface area contributed by atoms with Gasteiger partial charge in [-0.3, -0.25) is 9.69 Å². The summed E-state index contributed by atoms with van der Waals surface area (Å²) < 4.78 is 0. The van der Waals surface area contributed by atoms with Crippen LogP contribution in [0.5, 0.6) is 0 Å². The number of amides is 1. The molecule has 92 valence electrons. The van der Waals surface area contributed by atoms with E-state index in [1.807, 2.05) is 6.08 Å². The van der Waals surface area contributed by atoms with Crippen molar-refractivity contribution in [1.29, 1.82) is 0 Å². The average molecular weight is 225 g/mol. The first kappa shape index (κ1) is 13.2. The highest BCUT2D eigenvalue weighted by Gasteiger charge is 2.26. The fourth-order valence-electron chi connectivity index (χ4n) is 1.85. The van der Waals surface area contributed by atoms with Gasteiger partial charge in [-0.15, -0.1) is 0 Å². The van der Waals surface area contributed by atoms with Crippen LogP contribution in [0.15, 0.2) is 12.2 Å². The Morgan fingerprint density at radius 3 is 2.31 bits per heavy atom. The first-order valence-electron chi connectivity index (χ1n) is 5.80. The van der Waals surface area contributed by atoms with Crippen molar-refractivity contribution in [2.24, 2.45) is 0 Å². The zero-order chi connectivity index (χ0) is 12.2. The van der Waals surface area contributed by atoms with Gasteiger partial charge in [-0.25, -0.2) is 0 Å². The molecule has 0 aromatic heterocycles. The van der Waals surface area contributed by atoms with E-state index in [9.17, 15) is 4.79 Å². The van der Waals surface area contributed by atoms with E-state index in [-0.39, 0.29) is 11.4 Å². The van der Waals surface area contributed by atoms with Crippen LogP contribution in [-0.4, -0.2) is 61.5 Å². The van der Waals surface area contributed by atoms with Crippen LogP contribution in [0.2, 0.25) is 0 Å². The summed E-state index contributed by atoms with van der Waals surface area (Å²) in [5, 5.41) is 2.60. The summed E-state index contributed by atoms with van der Waals surface area (Å²) in [6.07, 6.45) is 3.61. The van der Waals surface area contributed by atoms with Crippen molar-refractivity contribution in [2.75, 3.05) is 40.3 Å². The van der Waals surface area contributed by atoms with Crippen LogP contribution >= 0.6 is 0 Å². The number of piperazine rings is 1. The lowest BCUT2D eigenvalue weighted by Gasteiger charge is -2.41. The molecule has 0 radical (unpaired) electrons. The lowest BCUT2D eigenvalue weighted by atomic mass is 10.0. The maximum Gasteiger partial charge on any atom is 0.243 e. The van der Waals surface area contributed by atoms with E-state index < -0.39 is 0 Å². The van der Waals surface area contributed by atoms with Crippen molar-refractivity contribution in [3.63, 3.8) is 0 Å². The van der Waals surface area contributed by atoms with Crippen molar-refractivity contribution in [3.05, 3.63) is 12.2 Å². The highest BCUT2D eigenvalue weighted by atomic mass is 16.1. The molecule has 0 saturated carbocycles. The number of likely N-dealkylation sites (N-methyl/N-ethyl adjacent to an activating group) is 2. The standard InChI is InChI=1S/C12H23N3O/c1-12(2,6-5-11(16)13-3)15-9-7-14(4)8-10-15/h5-6H,7-10H2,1-4H3,(H,13,16). The molecule has 0 aromatic carbocycles. The van der Waals surface area contributed by atoms with Crippen LogP contribution in [0.25, 0.3) is 0 Å². The molecule has 1 heterocycles. The van der Waals surface area contributed by atoms with Gasteiger partial charge in [-0.2, -0.15) is 0 Å². The molecule has 0 aromatic rings. The Morgan fingerprint density at radius 2 is 1.81 bits per heavy atom. The van der Waals surface area contributed by atoms with Crippen molar-refractivity contribution in [2.45, 2.75) is 19.4 Å². The van der Waals surface area contributed by atoms with Gasteiger partial charge in [0.1, 0.15) is 0 Å². The fourth-order valence-corrected chi connectivity index (χ4v) is 1.85. The van der Waals surface area contributed by atoms with Gasteiger partial charge in [0.05, 0.1) is 0 Å². The van der Waals surface area contributed by atoms with Gasteiger partial charge in [0, 0.05) is 44.8 Å². The second-order valence-corrected chi connectivity index (χ2v) is 4.89. The lowest BCUT2D eigenvalue weighted by Crippen LogP contribution is -2.52. The molecule has 4 nitrogen and oxygen atoms in total. The molecule has 1 aliphatic rings. The van der Waals surface area contributed by atoms with Gasteiger partial charge in [0.2, 0.25) is 5.91 Å². The number of hydrogen-bond donors (Lipinski definition) is 1. The zero-order valence-electron chi connectivity index (χ0n) is 10.8. The Balaban J connectivity index is 2.56. The molecule has 1 amide bonds. The van der Waals surface area contributed by atoms with Crippen molar-refractivity contribution in [3.8, 4) is 0 Å². The second-order valence-electron chi connectivity index (χ2n) is 4.89. The van der Waals surface area contributed by atoms with Crippen LogP contribution < -0.4 is 5.32 Å². The van der Waals surface area contributed by atoms with E-state index in [2.05, 4.69) is 36.0 Å². The summed E-state index contributed by atoms with van der Waals surface area (Å²) >= 11 is 0. The summed E-state index contributed by atoms with van der Waals surface area (Å²) in [6.45, 7) is 8.60. The Hall–Kier alpha value is -0.870. The maximum absolute atomic E-state index is 11.2. The highest BCUT2D eigenvalue weighted by Crippen LogP contribution is 2.17. The quantitative estimate of drug-likeness (QED) is 0.702. The number of rotatable bonds is 3. The number of carbonyl (C=O) groups is 1. The lowest BCUT2D eigenvalue weighted by molar-refractivity contribution is -0.116. The third kappa shape index (κ3) is 3.61. The first-order chi connectivity index (χ1) is 7.45. The Kier molecular flexibility index (Phi) is 4.50. The molecule has 1 fully saturated rings. The first-order valence-corrected chi connectivity index (χ1v) is 5.80. The summed E-state index contributed by atoms with van der Waals surface area (Å²) in [7, 11) is 3.79. The highest BCUT2D eigenvalue weighted by molar-refractivity contribution is 5.87. The third-order valence-corrected chi connectivity index (χ3v) is 3.21. The van der Waals surface area contributed by atoms with Gasteiger partial charge in [-0.05, 0) is 20.9 Å². The molecular weight excluding hydrogens is 202 g/mol. The Bertz CT molecular complexity index is 265. The number of carbonyl (C=O) groups excluding carboxylic acids is 1. The summed E-state index contributed by atoms with van der Waals surface area (Å²) in [5.74, 6) is -0.0396. The van der Waals surface area contributed by atoms with Crippen LogP contribution in [0.4, 0.5) is 0 Å². The molecule has 0 bridgehead atoms. The summed E-state index contributed by atoms with van der Waals surface area (Å²) in [4.78, 5) is 15.9. The molecule has 1 aliphatic heterocycles. The van der Waals surface area contributed by atoms with Gasteiger partial charge in [-0.1, -0.05) is 6.08 Å². The fraction of sp³-hybridized carbons (Fsp3) is 0.750. The van der Waals surface area contributed by atoms with Crippen molar-refractivity contribution >= 4 is 5.91 Å². The minimum absolute atomic E-state index is 0.0396. The molecule has 0 unspecified atom stereocenters. The molecular formula is C12H23N3O. The van der Waals surface area contributed by atoms with Gasteiger partial charge >= 0.3 is 0 Å². The monoisotopic (exact) mass is 225 g/mol. The predicted molar refractivity (Wildman–Crippen MR) is 66.4 cm³/mol. The third-order valence-electron chi connectivity index (χ3n) is 3.21. The normalized spacial score (nSPS) is 20.2. The SMILES string of the molecule is CNC(=O)C=CC(C)(C)N1CCN(C)CC1. The number of hydrogen-bond acceptors (Lipinski definition) is 3. The zero-order valence-corrected chi connectivity index (χ0v) is 10.8. The summed E-state index contributed by atoms with van der Waals surface area (Å²) in [6, 6.07) is 0. The minimum Gasteiger partial charge on any atom is -0.356 e. The van der Waals surface area contributed by atoms with Gasteiger partial charge in [0.15, 0.2) is 0 Å². The Labute approximate surface area is 98.3 Å². The maximum atomic E-state index is 11.2. The largest absolute Gasteiger partial charge is 0.356 e. The van der Waals surface area contributed by atoms with Gasteiger partial charge in [0.25, 0.3) is 0 Å². The van der Waals surface area contributed by atoms with E-state index in [1.54, 1.807) is 13.1 Å². The van der Waals surface area contributed by atoms with Crippen LogP contribution in [-0.2, 0) is 4.79 Å². The van der Waals surface area contributed by atoms with E-state index >= 15 is 0 Å². The molecule has 1 saturated heterocycles. The Morgan fingerprint density at radius 1 is 1.25 bits per heavy atom. The van der Waals surface area contributed by atoms with E-state index in [0.717, 1.165) is 26.2 Å². The van der Waals surface area contributed by atoms with E-state index in [1.165, 1.54) is 0 Å². The smallest absolute Gasteiger partial charge is 0.243 e. The summed E-state index contributed by atoms with van der Waals surface area (Å²) in [5.41, 5.74) is -0.0478. The van der Waals surface area contributed by atoms with Gasteiger partial charge < -0.3 is 10.2 Å². The van der Waals surface area contributed by atoms with E-state index in [0.29, 0.717) is 0 Å². The van der Waals surface area contributed by atoms with Crippen molar-refractivity contribution < 1.29 is 4.79 Å². The van der Waals surface area contributed by atoms with Crippen LogP contribution in [0.3, 0.4) is 0 Å². The molecule has 0 aliphatic carbocycles. The number of nitrogens with one attached hydrogen (secondary N) is 1. The average Bonchev–Trinajstić information content (AvgIpc) is 2.26. The molecule has 0 atom stereocenters. The second kappa shape index (κ2) is 5.46. The van der Waals surface area contributed by atoms with Crippen molar-refractivity contribution in [1.82, 2.24) is 15.1 Å². The van der Waals surface area contributed by atoms with E-state index in [4.69, 9.17) is 0 Å². The minimum atomic E-state index is -0.0478.